The lowest BCUT2D eigenvalue weighted by atomic mass is 9.89. The fraction of sp³-hybridized carbons (Fsp3) is 0.400. The fourth-order valence-corrected chi connectivity index (χ4v) is 5.41. The van der Waals surface area contributed by atoms with Gasteiger partial charge in [-0.15, -0.1) is 0 Å². The highest BCUT2D eigenvalue weighted by Gasteiger charge is 2.34. The SMILES string of the molecule is CCOC(=O)c1c(C)oc2c1c(C(c1ccnc(OCC3CC3)c1)N1CCOCC1)c(O)c1ccccc12. The number of carbonyl (C=O) groups is 1. The summed E-state index contributed by atoms with van der Waals surface area (Å²) in [6.07, 6.45) is 4.12. The van der Waals surface area contributed by atoms with Gasteiger partial charge in [0.2, 0.25) is 5.88 Å². The lowest BCUT2D eigenvalue weighted by Crippen LogP contribution is -2.39. The number of aromatic nitrogens is 1. The molecule has 2 aromatic heterocycles. The highest BCUT2D eigenvalue weighted by atomic mass is 16.5. The molecule has 0 spiro atoms. The van der Waals surface area contributed by atoms with Crippen LogP contribution in [0.3, 0.4) is 0 Å². The van der Waals surface area contributed by atoms with Crippen molar-refractivity contribution in [3.8, 4) is 11.6 Å². The average Bonchev–Trinajstić information content (AvgIpc) is 3.71. The predicted octanol–water partition coefficient (Wildman–Crippen LogP) is 5.38. The van der Waals surface area contributed by atoms with Crippen molar-refractivity contribution in [2.24, 2.45) is 5.92 Å². The molecule has 8 heteroatoms. The molecule has 0 bridgehead atoms. The molecule has 1 unspecified atom stereocenters. The number of pyridine rings is 1. The van der Waals surface area contributed by atoms with E-state index < -0.39 is 12.0 Å². The second kappa shape index (κ2) is 10.3. The number of aryl methyl sites for hydroxylation is 1. The highest BCUT2D eigenvalue weighted by molar-refractivity contribution is 6.16. The summed E-state index contributed by atoms with van der Waals surface area (Å²) in [5.41, 5.74) is 2.43. The van der Waals surface area contributed by atoms with Crippen LogP contribution in [0.1, 0.15) is 53.1 Å². The third-order valence-electron chi connectivity index (χ3n) is 7.44. The number of morpholine rings is 1. The summed E-state index contributed by atoms with van der Waals surface area (Å²) in [5, 5.41) is 13.9. The molecule has 2 aliphatic rings. The van der Waals surface area contributed by atoms with Crippen molar-refractivity contribution in [1.82, 2.24) is 9.88 Å². The maximum Gasteiger partial charge on any atom is 0.342 e. The monoisotopic (exact) mass is 516 g/mol. The van der Waals surface area contributed by atoms with E-state index in [9.17, 15) is 9.90 Å². The summed E-state index contributed by atoms with van der Waals surface area (Å²) < 4.78 is 23.4. The number of nitrogens with zero attached hydrogens (tertiary/aromatic N) is 2. The van der Waals surface area contributed by atoms with E-state index in [0.29, 0.717) is 78.0 Å². The second-order valence-electron chi connectivity index (χ2n) is 10.00. The van der Waals surface area contributed by atoms with Crippen LogP contribution in [0.25, 0.3) is 21.7 Å². The fourth-order valence-electron chi connectivity index (χ4n) is 5.41. The van der Waals surface area contributed by atoms with E-state index in [2.05, 4.69) is 9.88 Å². The zero-order valence-electron chi connectivity index (χ0n) is 21.7. The summed E-state index contributed by atoms with van der Waals surface area (Å²) >= 11 is 0. The number of esters is 1. The average molecular weight is 517 g/mol. The first-order valence-electron chi connectivity index (χ1n) is 13.3. The number of rotatable bonds is 8. The molecule has 38 heavy (non-hydrogen) atoms. The quantitative estimate of drug-likeness (QED) is 0.312. The number of furan rings is 1. The maximum absolute atomic E-state index is 13.3. The number of carbonyl (C=O) groups excluding carboxylic acids is 1. The van der Waals surface area contributed by atoms with Gasteiger partial charge in [-0.05, 0) is 44.2 Å². The Morgan fingerprint density at radius 1 is 1.18 bits per heavy atom. The van der Waals surface area contributed by atoms with Crippen LogP contribution < -0.4 is 4.74 Å². The van der Waals surface area contributed by atoms with Crippen molar-refractivity contribution >= 4 is 27.7 Å². The smallest absolute Gasteiger partial charge is 0.342 e. The molecular formula is C30H32N2O6. The van der Waals surface area contributed by atoms with E-state index in [4.69, 9.17) is 18.6 Å². The largest absolute Gasteiger partial charge is 0.507 e. The van der Waals surface area contributed by atoms with Crippen molar-refractivity contribution in [3.05, 3.63) is 65.0 Å². The molecule has 8 nitrogen and oxygen atoms in total. The molecule has 3 heterocycles. The first-order chi connectivity index (χ1) is 18.6. The molecular weight excluding hydrogens is 484 g/mol. The number of phenolic OH excluding ortho intramolecular Hbond substituents is 1. The molecule has 1 N–H and O–H groups in total. The Morgan fingerprint density at radius 2 is 1.95 bits per heavy atom. The van der Waals surface area contributed by atoms with Gasteiger partial charge in [-0.2, -0.15) is 0 Å². The first kappa shape index (κ1) is 24.7. The van der Waals surface area contributed by atoms with Crippen LogP contribution in [-0.2, 0) is 9.47 Å². The maximum atomic E-state index is 13.3. The molecule has 2 fully saturated rings. The van der Waals surface area contributed by atoms with E-state index in [1.807, 2.05) is 36.4 Å². The van der Waals surface area contributed by atoms with Crippen LogP contribution in [0.15, 0.2) is 47.0 Å². The van der Waals surface area contributed by atoms with Crippen molar-refractivity contribution in [3.63, 3.8) is 0 Å². The van der Waals surface area contributed by atoms with Crippen LogP contribution in [0, 0.1) is 12.8 Å². The standard InChI is InChI=1S/C30H32N2O6/c1-3-36-30(34)24-18(2)38-29-22-7-5-4-6-21(22)28(33)26(25(24)29)27(32-12-14-35-15-13-32)20-10-11-31-23(16-20)37-17-19-8-9-19/h4-7,10-11,16,19,27,33H,3,8-9,12-15,17H2,1-2H3. The van der Waals surface area contributed by atoms with E-state index in [1.165, 1.54) is 12.8 Å². The summed E-state index contributed by atoms with van der Waals surface area (Å²) in [7, 11) is 0. The summed E-state index contributed by atoms with van der Waals surface area (Å²) in [6, 6.07) is 11.1. The Balaban J connectivity index is 1.61. The van der Waals surface area contributed by atoms with Crippen molar-refractivity contribution in [1.29, 1.82) is 0 Å². The normalized spacial score (nSPS) is 17.1. The molecule has 198 valence electrons. The Bertz CT molecular complexity index is 1490. The number of phenols is 1. The molecule has 6 rings (SSSR count). The van der Waals surface area contributed by atoms with Gasteiger partial charge >= 0.3 is 5.97 Å². The lowest BCUT2D eigenvalue weighted by Gasteiger charge is -2.36. The number of hydrogen-bond donors (Lipinski definition) is 1. The Morgan fingerprint density at radius 3 is 2.68 bits per heavy atom. The summed E-state index contributed by atoms with van der Waals surface area (Å²) in [6.45, 7) is 6.88. The van der Waals surface area contributed by atoms with Crippen LogP contribution in [0.5, 0.6) is 11.6 Å². The summed E-state index contributed by atoms with van der Waals surface area (Å²) in [4.78, 5) is 20.0. The van der Waals surface area contributed by atoms with Crippen LogP contribution in [0.2, 0.25) is 0 Å². The summed E-state index contributed by atoms with van der Waals surface area (Å²) in [5.74, 6) is 1.26. The van der Waals surface area contributed by atoms with Gasteiger partial charge < -0.3 is 23.7 Å². The van der Waals surface area contributed by atoms with Gasteiger partial charge in [-0.3, -0.25) is 4.90 Å². The zero-order valence-corrected chi connectivity index (χ0v) is 21.7. The van der Waals surface area contributed by atoms with Gasteiger partial charge in [0.05, 0.1) is 32.5 Å². The third kappa shape index (κ3) is 4.48. The van der Waals surface area contributed by atoms with E-state index in [1.54, 1.807) is 20.0 Å². The van der Waals surface area contributed by atoms with Crippen LogP contribution in [-0.4, -0.2) is 60.5 Å². The minimum absolute atomic E-state index is 0.119. The zero-order chi connectivity index (χ0) is 26.2. The molecule has 1 saturated heterocycles. The molecule has 1 aliphatic heterocycles. The van der Waals surface area contributed by atoms with Crippen LogP contribution in [0.4, 0.5) is 0 Å². The molecule has 1 atom stereocenters. The van der Waals surface area contributed by atoms with Crippen molar-refractivity contribution < 1.29 is 28.5 Å². The highest BCUT2D eigenvalue weighted by Crippen LogP contribution is 2.47. The minimum atomic E-state index is -0.469. The number of hydrogen-bond acceptors (Lipinski definition) is 8. The minimum Gasteiger partial charge on any atom is -0.507 e. The van der Waals surface area contributed by atoms with Gasteiger partial charge in [0.15, 0.2) is 0 Å². The Labute approximate surface area is 221 Å². The molecule has 1 aliphatic carbocycles. The molecule has 4 aromatic rings. The number of aromatic hydroxyl groups is 1. The number of ether oxygens (including phenoxy) is 3. The van der Waals surface area contributed by atoms with Crippen LogP contribution >= 0.6 is 0 Å². The van der Waals surface area contributed by atoms with Crippen molar-refractivity contribution in [2.75, 3.05) is 39.5 Å². The van der Waals surface area contributed by atoms with Gasteiger partial charge in [0.25, 0.3) is 0 Å². The van der Waals surface area contributed by atoms with Crippen molar-refractivity contribution in [2.45, 2.75) is 32.7 Å². The number of benzene rings is 2. The molecule has 0 amide bonds. The van der Waals surface area contributed by atoms with Gasteiger partial charge in [-0.1, -0.05) is 24.3 Å². The molecule has 0 radical (unpaired) electrons. The molecule has 2 aromatic carbocycles. The van der Waals surface area contributed by atoms with Gasteiger partial charge in [-0.25, -0.2) is 9.78 Å². The predicted molar refractivity (Wildman–Crippen MR) is 143 cm³/mol. The molecule has 1 saturated carbocycles. The van der Waals surface area contributed by atoms with E-state index >= 15 is 0 Å². The Hall–Kier alpha value is -3.62. The van der Waals surface area contributed by atoms with E-state index in [0.717, 1.165) is 10.9 Å². The van der Waals surface area contributed by atoms with Gasteiger partial charge in [0, 0.05) is 47.1 Å². The van der Waals surface area contributed by atoms with E-state index in [-0.39, 0.29) is 12.4 Å². The van der Waals surface area contributed by atoms with Gasteiger partial charge in [0.1, 0.15) is 22.7 Å². The Kier molecular flexibility index (Phi) is 6.68. The number of fused-ring (bicyclic) bond motifs is 3. The first-order valence-corrected chi connectivity index (χ1v) is 13.3. The third-order valence-corrected chi connectivity index (χ3v) is 7.44. The second-order valence-corrected chi connectivity index (χ2v) is 10.00. The lowest BCUT2D eigenvalue weighted by molar-refractivity contribution is 0.0237. The topological polar surface area (TPSA) is 94.3 Å².